The molecule has 1 fully saturated rings. The lowest BCUT2D eigenvalue weighted by molar-refractivity contribution is -0.0875. The number of likely N-dealkylation sites (N-methyl/N-ethyl adjacent to an activating group) is 1. The molecule has 1 saturated carbocycles. The summed E-state index contributed by atoms with van der Waals surface area (Å²) in [7, 11) is 2.11. The molecular formula is C16H33NO. The number of rotatable bonds is 7. The molecule has 0 aromatic heterocycles. The summed E-state index contributed by atoms with van der Waals surface area (Å²) in [6.07, 6.45) is 10.5. The second-order valence-corrected chi connectivity index (χ2v) is 5.94. The lowest BCUT2D eigenvalue weighted by Gasteiger charge is -2.43. The molecule has 2 atom stereocenters. The van der Waals surface area contributed by atoms with E-state index in [1.807, 2.05) is 0 Å². The third kappa shape index (κ3) is 3.96. The predicted octanol–water partition coefficient (Wildman–Crippen LogP) is 4.14. The highest BCUT2D eigenvalue weighted by Gasteiger charge is 2.41. The van der Waals surface area contributed by atoms with Gasteiger partial charge in [-0.25, -0.2) is 0 Å². The summed E-state index contributed by atoms with van der Waals surface area (Å²) in [6.45, 7) is 7.65. The first-order chi connectivity index (χ1) is 8.70. The molecule has 2 unspecified atom stereocenters. The Labute approximate surface area is 114 Å². The van der Waals surface area contributed by atoms with E-state index in [0.717, 1.165) is 6.61 Å². The van der Waals surface area contributed by atoms with E-state index >= 15 is 0 Å². The summed E-state index contributed by atoms with van der Waals surface area (Å²) < 4.78 is 6.31. The van der Waals surface area contributed by atoms with E-state index in [0.29, 0.717) is 12.0 Å². The minimum absolute atomic E-state index is 0.0919. The summed E-state index contributed by atoms with van der Waals surface area (Å²) in [6, 6.07) is 0.510. The lowest BCUT2D eigenvalue weighted by atomic mass is 9.78. The third-order valence-electron chi connectivity index (χ3n) is 4.57. The fourth-order valence-corrected chi connectivity index (χ4v) is 3.85. The molecule has 0 aromatic rings. The largest absolute Gasteiger partial charge is 0.374 e. The van der Waals surface area contributed by atoms with Crippen molar-refractivity contribution in [2.24, 2.45) is 5.92 Å². The van der Waals surface area contributed by atoms with Crippen molar-refractivity contribution in [3.8, 4) is 0 Å². The maximum Gasteiger partial charge on any atom is 0.0837 e. The fourth-order valence-electron chi connectivity index (χ4n) is 3.85. The molecule has 2 nitrogen and oxygen atoms in total. The monoisotopic (exact) mass is 255 g/mol. The van der Waals surface area contributed by atoms with Gasteiger partial charge in [-0.3, -0.25) is 0 Å². The molecule has 18 heavy (non-hydrogen) atoms. The quantitative estimate of drug-likeness (QED) is 0.690. The van der Waals surface area contributed by atoms with Crippen LogP contribution in [0, 0.1) is 5.92 Å². The molecule has 0 bridgehead atoms. The van der Waals surface area contributed by atoms with Crippen LogP contribution in [0.25, 0.3) is 0 Å². The Hall–Kier alpha value is -0.0800. The van der Waals surface area contributed by atoms with E-state index in [1.165, 1.54) is 51.4 Å². The second-order valence-electron chi connectivity index (χ2n) is 5.94. The Kier molecular flexibility index (Phi) is 7.25. The van der Waals surface area contributed by atoms with Crippen LogP contribution in [-0.4, -0.2) is 25.3 Å². The molecular weight excluding hydrogens is 222 g/mol. The van der Waals surface area contributed by atoms with Crippen LogP contribution in [0.5, 0.6) is 0 Å². The second kappa shape index (κ2) is 8.16. The average molecular weight is 255 g/mol. The summed E-state index contributed by atoms with van der Waals surface area (Å²) >= 11 is 0. The Morgan fingerprint density at radius 1 is 1.11 bits per heavy atom. The molecule has 1 N–H and O–H groups in total. The molecule has 108 valence electrons. The van der Waals surface area contributed by atoms with E-state index in [4.69, 9.17) is 4.74 Å². The standard InChI is InChI=1S/C16H33NO/c1-5-11-14(3)15(17-4)16(18-6-2)12-9-7-8-10-13-16/h14-15,17H,5-13H2,1-4H3. The van der Waals surface area contributed by atoms with Gasteiger partial charge < -0.3 is 10.1 Å². The van der Waals surface area contributed by atoms with E-state index in [1.54, 1.807) is 0 Å². The van der Waals surface area contributed by atoms with Gasteiger partial charge in [0.15, 0.2) is 0 Å². The molecule has 0 amide bonds. The van der Waals surface area contributed by atoms with Crippen LogP contribution in [-0.2, 0) is 4.74 Å². The van der Waals surface area contributed by atoms with Crippen LogP contribution < -0.4 is 5.32 Å². The highest BCUT2D eigenvalue weighted by molar-refractivity contribution is 4.96. The molecule has 1 aliphatic rings. The van der Waals surface area contributed by atoms with Crippen molar-refractivity contribution in [2.75, 3.05) is 13.7 Å². The minimum atomic E-state index is 0.0919. The Balaban J connectivity index is 2.83. The smallest absolute Gasteiger partial charge is 0.0837 e. The molecule has 0 radical (unpaired) electrons. The van der Waals surface area contributed by atoms with Gasteiger partial charge in [0.2, 0.25) is 0 Å². The van der Waals surface area contributed by atoms with E-state index in [9.17, 15) is 0 Å². The number of hydrogen-bond acceptors (Lipinski definition) is 2. The SMILES string of the molecule is CCCC(C)C(NC)C1(OCC)CCCCCC1. The van der Waals surface area contributed by atoms with E-state index in [-0.39, 0.29) is 5.60 Å². The van der Waals surface area contributed by atoms with Crippen molar-refractivity contribution in [2.45, 2.75) is 83.8 Å². The highest BCUT2D eigenvalue weighted by Crippen LogP contribution is 2.37. The van der Waals surface area contributed by atoms with Gasteiger partial charge in [0.1, 0.15) is 0 Å². The zero-order valence-electron chi connectivity index (χ0n) is 12.9. The lowest BCUT2D eigenvalue weighted by Crippen LogP contribution is -2.54. The van der Waals surface area contributed by atoms with Crippen LogP contribution in [0.15, 0.2) is 0 Å². The number of hydrogen-bond donors (Lipinski definition) is 1. The number of ether oxygens (including phenoxy) is 1. The summed E-state index contributed by atoms with van der Waals surface area (Å²) in [5.41, 5.74) is 0.0919. The predicted molar refractivity (Wildman–Crippen MR) is 79.0 cm³/mol. The molecule has 0 saturated heterocycles. The van der Waals surface area contributed by atoms with Crippen molar-refractivity contribution >= 4 is 0 Å². The fraction of sp³-hybridized carbons (Fsp3) is 1.00. The van der Waals surface area contributed by atoms with Gasteiger partial charge in [0, 0.05) is 12.6 Å². The van der Waals surface area contributed by atoms with Gasteiger partial charge in [-0.2, -0.15) is 0 Å². The average Bonchev–Trinajstić information content (AvgIpc) is 2.57. The topological polar surface area (TPSA) is 21.3 Å². The molecule has 2 heteroatoms. The Morgan fingerprint density at radius 3 is 2.17 bits per heavy atom. The van der Waals surface area contributed by atoms with Crippen molar-refractivity contribution in [1.29, 1.82) is 0 Å². The van der Waals surface area contributed by atoms with Crippen LogP contribution in [0.2, 0.25) is 0 Å². The first-order valence-electron chi connectivity index (χ1n) is 8.01. The minimum Gasteiger partial charge on any atom is -0.374 e. The van der Waals surface area contributed by atoms with Crippen molar-refractivity contribution < 1.29 is 4.74 Å². The number of nitrogens with one attached hydrogen (secondary N) is 1. The first-order valence-corrected chi connectivity index (χ1v) is 8.01. The molecule has 0 heterocycles. The molecule has 1 rings (SSSR count). The van der Waals surface area contributed by atoms with Crippen LogP contribution in [0.3, 0.4) is 0 Å². The molecule has 0 spiro atoms. The van der Waals surface area contributed by atoms with Crippen LogP contribution >= 0.6 is 0 Å². The summed E-state index contributed by atoms with van der Waals surface area (Å²) in [5, 5.41) is 3.58. The molecule has 0 aliphatic heterocycles. The Morgan fingerprint density at radius 2 is 1.72 bits per heavy atom. The van der Waals surface area contributed by atoms with E-state index < -0.39 is 0 Å². The molecule has 0 aromatic carbocycles. The van der Waals surface area contributed by atoms with E-state index in [2.05, 4.69) is 33.1 Å². The zero-order valence-corrected chi connectivity index (χ0v) is 12.9. The van der Waals surface area contributed by atoms with Crippen LogP contribution in [0.4, 0.5) is 0 Å². The third-order valence-corrected chi connectivity index (χ3v) is 4.57. The summed E-state index contributed by atoms with van der Waals surface area (Å²) in [5.74, 6) is 0.699. The van der Waals surface area contributed by atoms with Gasteiger partial charge in [-0.15, -0.1) is 0 Å². The van der Waals surface area contributed by atoms with Gasteiger partial charge >= 0.3 is 0 Å². The maximum atomic E-state index is 6.31. The normalized spacial score (nSPS) is 23.3. The van der Waals surface area contributed by atoms with Gasteiger partial charge in [0.25, 0.3) is 0 Å². The Bertz CT molecular complexity index is 209. The zero-order chi connectivity index (χ0) is 13.4. The van der Waals surface area contributed by atoms with Gasteiger partial charge in [0.05, 0.1) is 5.60 Å². The van der Waals surface area contributed by atoms with Crippen LogP contribution in [0.1, 0.15) is 72.1 Å². The van der Waals surface area contributed by atoms with Gasteiger partial charge in [-0.1, -0.05) is 46.0 Å². The van der Waals surface area contributed by atoms with Crippen molar-refractivity contribution in [1.82, 2.24) is 5.32 Å². The highest BCUT2D eigenvalue weighted by atomic mass is 16.5. The van der Waals surface area contributed by atoms with Crippen molar-refractivity contribution in [3.63, 3.8) is 0 Å². The molecule has 1 aliphatic carbocycles. The van der Waals surface area contributed by atoms with Crippen molar-refractivity contribution in [3.05, 3.63) is 0 Å². The maximum absolute atomic E-state index is 6.31. The first kappa shape index (κ1) is 16.0. The summed E-state index contributed by atoms with van der Waals surface area (Å²) in [4.78, 5) is 0. The van der Waals surface area contributed by atoms with Gasteiger partial charge in [-0.05, 0) is 39.2 Å².